The number of hydrogen-bond acceptors (Lipinski definition) is 6. The second-order valence-corrected chi connectivity index (χ2v) is 8.05. The summed E-state index contributed by atoms with van der Waals surface area (Å²) in [5.41, 5.74) is 2.63. The van der Waals surface area contributed by atoms with E-state index in [1.54, 1.807) is 13.3 Å². The minimum absolute atomic E-state index is 0.121. The second kappa shape index (κ2) is 7.27. The van der Waals surface area contributed by atoms with Gasteiger partial charge in [0.05, 0.1) is 37.4 Å². The third-order valence-corrected chi connectivity index (χ3v) is 5.62. The minimum Gasteiger partial charge on any atom is -0.496 e. The van der Waals surface area contributed by atoms with E-state index in [4.69, 9.17) is 4.74 Å². The Bertz CT molecular complexity index is 674. The molecule has 23 heavy (non-hydrogen) atoms. The van der Waals surface area contributed by atoms with Crippen LogP contribution in [0.15, 0.2) is 6.20 Å². The first-order valence-corrected chi connectivity index (χ1v) is 9.33. The van der Waals surface area contributed by atoms with Crippen molar-refractivity contribution in [3.05, 3.63) is 23.0 Å². The number of nitrogens with one attached hydrogen (secondary N) is 1. The van der Waals surface area contributed by atoms with Crippen molar-refractivity contribution in [3.8, 4) is 5.75 Å². The van der Waals surface area contributed by atoms with Crippen molar-refractivity contribution in [3.63, 3.8) is 0 Å². The minimum atomic E-state index is -2.92. The summed E-state index contributed by atoms with van der Waals surface area (Å²) in [4.78, 5) is 18.2. The van der Waals surface area contributed by atoms with Crippen molar-refractivity contribution in [1.82, 2.24) is 15.2 Å². The number of rotatable bonds is 5. The lowest BCUT2D eigenvalue weighted by atomic mass is 10.1. The van der Waals surface area contributed by atoms with Crippen LogP contribution in [0.3, 0.4) is 0 Å². The molecule has 0 bridgehead atoms. The number of pyridine rings is 1. The van der Waals surface area contributed by atoms with Gasteiger partial charge in [0.15, 0.2) is 9.84 Å². The molecule has 0 aliphatic carbocycles. The first kappa shape index (κ1) is 17.7. The molecule has 1 N–H and O–H groups in total. The molecule has 1 aromatic rings. The zero-order valence-electron chi connectivity index (χ0n) is 13.8. The summed E-state index contributed by atoms with van der Waals surface area (Å²) in [5, 5.41) is 2.83. The van der Waals surface area contributed by atoms with Crippen molar-refractivity contribution >= 4 is 15.7 Å². The topological polar surface area (TPSA) is 88.6 Å². The molecule has 2 heterocycles. The largest absolute Gasteiger partial charge is 0.496 e. The number of amides is 1. The molecular weight excluding hydrogens is 318 g/mol. The summed E-state index contributed by atoms with van der Waals surface area (Å²) in [6, 6.07) is 0. The van der Waals surface area contributed by atoms with Crippen LogP contribution in [-0.2, 0) is 21.2 Å². The van der Waals surface area contributed by atoms with Crippen LogP contribution in [0.4, 0.5) is 0 Å². The van der Waals surface area contributed by atoms with Crippen LogP contribution in [0.5, 0.6) is 5.75 Å². The molecule has 1 saturated heterocycles. The Balaban J connectivity index is 1.88. The van der Waals surface area contributed by atoms with Crippen molar-refractivity contribution in [1.29, 1.82) is 0 Å². The number of aromatic nitrogens is 1. The van der Waals surface area contributed by atoms with Crippen LogP contribution in [0.25, 0.3) is 0 Å². The molecule has 1 amide bonds. The van der Waals surface area contributed by atoms with Crippen molar-refractivity contribution in [2.75, 3.05) is 38.2 Å². The standard InChI is InChI=1S/C15H23N3O4S/c1-11-8-16-13(12(2)15(11)22-3)9-17-14(19)10-18-4-6-23(20,21)7-5-18/h8H,4-7,9-10H2,1-3H3,(H,17,19). The van der Waals surface area contributed by atoms with E-state index in [1.165, 1.54) is 0 Å². The average molecular weight is 341 g/mol. The summed E-state index contributed by atoms with van der Waals surface area (Å²) >= 11 is 0. The van der Waals surface area contributed by atoms with Crippen molar-refractivity contribution in [2.24, 2.45) is 0 Å². The van der Waals surface area contributed by atoms with E-state index in [0.29, 0.717) is 19.6 Å². The Morgan fingerprint density at radius 1 is 1.35 bits per heavy atom. The summed E-state index contributed by atoms with van der Waals surface area (Å²) in [6.07, 6.45) is 1.73. The highest BCUT2D eigenvalue weighted by Crippen LogP contribution is 2.23. The molecule has 2 rings (SSSR count). The maximum Gasteiger partial charge on any atom is 0.234 e. The Labute approximate surface area is 137 Å². The predicted octanol–water partition coefficient (Wildman–Crippen LogP) is 0.0536. The number of aryl methyl sites for hydroxylation is 1. The molecule has 0 spiro atoms. The molecule has 1 fully saturated rings. The molecule has 128 valence electrons. The molecular formula is C15H23N3O4S. The molecule has 1 aliphatic rings. The number of ether oxygens (including phenoxy) is 1. The fourth-order valence-corrected chi connectivity index (χ4v) is 3.88. The van der Waals surface area contributed by atoms with E-state index < -0.39 is 9.84 Å². The van der Waals surface area contributed by atoms with Gasteiger partial charge in [-0.3, -0.25) is 14.7 Å². The van der Waals surface area contributed by atoms with Gasteiger partial charge in [-0.25, -0.2) is 8.42 Å². The highest BCUT2D eigenvalue weighted by molar-refractivity contribution is 7.91. The first-order valence-electron chi connectivity index (χ1n) is 7.51. The third kappa shape index (κ3) is 4.65. The van der Waals surface area contributed by atoms with Gasteiger partial charge in [-0.15, -0.1) is 0 Å². The maximum atomic E-state index is 12.0. The van der Waals surface area contributed by atoms with Crippen molar-refractivity contribution < 1.29 is 17.9 Å². The van der Waals surface area contributed by atoms with Gasteiger partial charge in [-0.2, -0.15) is 0 Å². The third-order valence-electron chi connectivity index (χ3n) is 4.01. The fourth-order valence-electron chi connectivity index (χ4n) is 2.60. The zero-order valence-corrected chi connectivity index (χ0v) is 14.6. The molecule has 8 heteroatoms. The highest BCUT2D eigenvalue weighted by atomic mass is 32.2. The van der Waals surface area contributed by atoms with Crippen LogP contribution in [0.1, 0.15) is 16.8 Å². The van der Waals surface area contributed by atoms with Gasteiger partial charge in [0.1, 0.15) is 5.75 Å². The van der Waals surface area contributed by atoms with E-state index in [1.807, 2.05) is 18.7 Å². The average Bonchev–Trinajstić information content (AvgIpc) is 2.49. The molecule has 0 saturated carbocycles. The smallest absolute Gasteiger partial charge is 0.234 e. The summed E-state index contributed by atoms with van der Waals surface area (Å²) in [6.45, 7) is 5.18. The molecule has 0 unspecified atom stereocenters. The maximum absolute atomic E-state index is 12.0. The fraction of sp³-hybridized carbons (Fsp3) is 0.600. The van der Waals surface area contributed by atoms with Crippen molar-refractivity contribution in [2.45, 2.75) is 20.4 Å². The van der Waals surface area contributed by atoms with Gasteiger partial charge in [0, 0.05) is 30.4 Å². The monoisotopic (exact) mass is 341 g/mol. The van der Waals surface area contributed by atoms with E-state index >= 15 is 0 Å². The molecule has 0 aromatic carbocycles. The number of hydrogen-bond donors (Lipinski definition) is 1. The second-order valence-electron chi connectivity index (χ2n) is 5.75. The Morgan fingerprint density at radius 3 is 2.61 bits per heavy atom. The van der Waals surface area contributed by atoms with Gasteiger partial charge < -0.3 is 10.1 Å². The van der Waals surface area contributed by atoms with Crippen LogP contribution >= 0.6 is 0 Å². The molecule has 0 radical (unpaired) electrons. The SMILES string of the molecule is COc1c(C)cnc(CNC(=O)CN2CCS(=O)(=O)CC2)c1C. The summed E-state index contributed by atoms with van der Waals surface area (Å²) < 4.78 is 28.1. The normalized spacial score (nSPS) is 17.7. The molecule has 1 aromatic heterocycles. The van der Waals surface area contributed by atoms with E-state index in [9.17, 15) is 13.2 Å². The lowest BCUT2D eigenvalue weighted by Gasteiger charge is -2.25. The summed E-state index contributed by atoms with van der Waals surface area (Å²) in [7, 11) is -1.31. The van der Waals surface area contributed by atoms with Crippen LogP contribution in [-0.4, -0.2) is 62.5 Å². The quantitative estimate of drug-likeness (QED) is 0.814. The molecule has 7 nitrogen and oxygen atoms in total. The van der Waals surface area contributed by atoms with Crippen LogP contribution in [0.2, 0.25) is 0 Å². The number of sulfone groups is 1. The number of methoxy groups -OCH3 is 1. The lowest BCUT2D eigenvalue weighted by molar-refractivity contribution is -0.122. The van der Waals surface area contributed by atoms with Crippen LogP contribution < -0.4 is 10.1 Å². The van der Waals surface area contributed by atoms with Gasteiger partial charge >= 0.3 is 0 Å². The number of nitrogens with zero attached hydrogens (tertiary/aromatic N) is 2. The van der Waals surface area contributed by atoms with Gasteiger partial charge in [0.2, 0.25) is 5.91 Å². The Hall–Kier alpha value is -1.67. The van der Waals surface area contributed by atoms with Gasteiger partial charge in [-0.1, -0.05) is 0 Å². The van der Waals surface area contributed by atoms with Gasteiger partial charge in [0.25, 0.3) is 0 Å². The van der Waals surface area contributed by atoms with Gasteiger partial charge in [-0.05, 0) is 13.8 Å². The van der Waals surface area contributed by atoms with Crippen LogP contribution in [0, 0.1) is 13.8 Å². The first-order chi connectivity index (χ1) is 10.8. The molecule has 1 aliphatic heterocycles. The number of carbonyl (C=O) groups is 1. The van der Waals surface area contributed by atoms with E-state index in [-0.39, 0.29) is 24.0 Å². The Morgan fingerprint density at radius 2 is 2.00 bits per heavy atom. The highest BCUT2D eigenvalue weighted by Gasteiger charge is 2.23. The molecule has 0 atom stereocenters. The number of carbonyl (C=O) groups excluding carboxylic acids is 1. The Kier molecular flexibility index (Phi) is 5.59. The van der Waals surface area contributed by atoms with E-state index in [0.717, 1.165) is 22.6 Å². The zero-order chi connectivity index (χ0) is 17.0. The summed E-state index contributed by atoms with van der Waals surface area (Å²) in [5.74, 6) is 0.891. The van der Waals surface area contributed by atoms with E-state index in [2.05, 4.69) is 10.3 Å². The predicted molar refractivity (Wildman–Crippen MR) is 87.2 cm³/mol. The lowest BCUT2D eigenvalue weighted by Crippen LogP contribution is -2.45.